The van der Waals surface area contributed by atoms with E-state index in [1.165, 1.54) is 10.6 Å². The summed E-state index contributed by atoms with van der Waals surface area (Å²) in [5, 5.41) is 2.94. The number of nitrogens with zero attached hydrogens (tertiary/aromatic N) is 3. The molecule has 8 nitrogen and oxygen atoms in total. The maximum atomic E-state index is 12.8. The molecule has 0 atom stereocenters. The fraction of sp³-hybridized carbons (Fsp3) is 0.321. The Kier molecular flexibility index (Phi) is 8.35. The van der Waals surface area contributed by atoms with Crippen LogP contribution in [0.5, 0.6) is 5.75 Å². The number of benzene rings is 3. The van der Waals surface area contributed by atoms with Crippen LogP contribution in [0, 0.1) is 0 Å². The second-order valence-electron chi connectivity index (χ2n) is 9.16. The van der Waals surface area contributed by atoms with Crippen LogP contribution in [0.15, 0.2) is 72.8 Å². The van der Waals surface area contributed by atoms with Crippen LogP contribution in [0.25, 0.3) is 0 Å². The highest BCUT2D eigenvalue weighted by Crippen LogP contribution is 2.31. The lowest BCUT2D eigenvalue weighted by atomic mass is 10.1. The number of likely N-dealkylation sites (N-methyl/N-ethyl adjacent to an activating group) is 1. The maximum absolute atomic E-state index is 12.8. The van der Waals surface area contributed by atoms with E-state index in [-0.39, 0.29) is 12.5 Å². The fourth-order valence-corrected chi connectivity index (χ4v) is 5.16. The van der Waals surface area contributed by atoms with Gasteiger partial charge in [-0.1, -0.05) is 24.3 Å². The number of ether oxygens (including phenoxy) is 1. The molecule has 0 bridgehead atoms. The summed E-state index contributed by atoms with van der Waals surface area (Å²) in [6.45, 7) is 6.46. The number of sulfonamides is 1. The summed E-state index contributed by atoms with van der Waals surface area (Å²) in [7, 11) is -1.44. The van der Waals surface area contributed by atoms with Crippen molar-refractivity contribution in [2.75, 3.05) is 60.6 Å². The van der Waals surface area contributed by atoms with Gasteiger partial charge < -0.3 is 19.9 Å². The quantitative estimate of drug-likeness (QED) is 0.457. The van der Waals surface area contributed by atoms with Crippen LogP contribution in [0.4, 0.5) is 17.1 Å². The first-order valence-electron chi connectivity index (χ1n) is 12.4. The van der Waals surface area contributed by atoms with E-state index < -0.39 is 10.0 Å². The van der Waals surface area contributed by atoms with Gasteiger partial charge in [-0.3, -0.25) is 9.10 Å². The van der Waals surface area contributed by atoms with Gasteiger partial charge in [0.15, 0.2) is 0 Å². The van der Waals surface area contributed by atoms with Crippen molar-refractivity contribution in [3.63, 3.8) is 0 Å². The van der Waals surface area contributed by atoms with Gasteiger partial charge in [0.05, 0.1) is 25.1 Å². The number of para-hydroxylation sites is 2. The zero-order chi connectivity index (χ0) is 26.4. The van der Waals surface area contributed by atoms with Crippen molar-refractivity contribution in [1.29, 1.82) is 0 Å². The number of anilines is 3. The molecule has 0 saturated carbocycles. The first-order valence-corrected chi connectivity index (χ1v) is 14.2. The van der Waals surface area contributed by atoms with Crippen LogP contribution in [0.3, 0.4) is 0 Å². The van der Waals surface area contributed by atoms with Crippen molar-refractivity contribution >= 4 is 33.0 Å². The number of hydrogen-bond donors (Lipinski definition) is 1. The molecule has 4 rings (SSSR count). The third-order valence-electron chi connectivity index (χ3n) is 6.37. The van der Waals surface area contributed by atoms with Crippen molar-refractivity contribution in [1.82, 2.24) is 4.90 Å². The molecule has 0 aromatic heterocycles. The monoisotopic (exact) mass is 522 g/mol. The van der Waals surface area contributed by atoms with E-state index in [9.17, 15) is 13.2 Å². The largest absolute Gasteiger partial charge is 0.492 e. The highest BCUT2D eigenvalue weighted by atomic mass is 32.2. The van der Waals surface area contributed by atoms with E-state index in [0.717, 1.165) is 43.1 Å². The van der Waals surface area contributed by atoms with E-state index >= 15 is 0 Å². The van der Waals surface area contributed by atoms with E-state index in [2.05, 4.69) is 22.2 Å². The van der Waals surface area contributed by atoms with Gasteiger partial charge in [0.2, 0.25) is 10.0 Å². The summed E-state index contributed by atoms with van der Waals surface area (Å²) >= 11 is 0. The molecule has 1 saturated heterocycles. The Morgan fingerprint density at radius 1 is 0.946 bits per heavy atom. The predicted molar refractivity (Wildman–Crippen MR) is 149 cm³/mol. The molecule has 0 radical (unpaired) electrons. The van der Waals surface area contributed by atoms with Crippen molar-refractivity contribution in [3.05, 3.63) is 83.9 Å². The fourth-order valence-electron chi connectivity index (χ4n) is 4.27. The third-order valence-corrected chi connectivity index (χ3v) is 7.50. The number of amides is 1. The van der Waals surface area contributed by atoms with Crippen molar-refractivity contribution in [2.24, 2.45) is 0 Å². The summed E-state index contributed by atoms with van der Waals surface area (Å²) in [5.74, 6) is 0.283. The molecule has 1 fully saturated rings. The molecule has 9 heteroatoms. The predicted octanol–water partition coefficient (Wildman–Crippen LogP) is 4.06. The van der Waals surface area contributed by atoms with Crippen LogP contribution in [0.1, 0.15) is 22.8 Å². The average Bonchev–Trinajstić information content (AvgIpc) is 2.89. The van der Waals surface area contributed by atoms with E-state index in [1.54, 1.807) is 42.5 Å². The third kappa shape index (κ3) is 6.81. The molecule has 1 N–H and O–H groups in total. The number of carbonyl (C=O) groups is 1. The molecule has 0 unspecified atom stereocenters. The SMILES string of the molecule is CCOc1ccccc1N(Cc1ccc(C(=O)Nc2ccc(N3CCN(C)CC3)cc2)cc1)S(C)(=O)=O. The van der Waals surface area contributed by atoms with Crippen molar-refractivity contribution < 1.29 is 17.9 Å². The molecular formula is C28H34N4O4S. The van der Waals surface area contributed by atoms with E-state index in [0.29, 0.717) is 23.6 Å². The molecule has 196 valence electrons. The number of hydrogen-bond acceptors (Lipinski definition) is 6. The molecule has 37 heavy (non-hydrogen) atoms. The van der Waals surface area contributed by atoms with Gasteiger partial charge >= 0.3 is 0 Å². The Hall–Kier alpha value is -3.56. The minimum atomic E-state index is -3.57. The minimum absolute atomic E-state index is 0.124. The molecule has 1 aliphatic rings. The lowest BCUT2D eigenvalue weighted by Gasteiger charge is -2.34. The smallest absolute Gasteiger partial charge is 0.255 e. The Morgan fingerprint density at radius 3 is 2.22 bits per heavy atom. The summed E-state index contributed by atoms with van der Waals surface area (Å²) < 4.78 is 32.2. The second kappa shape index (κ2) is 11.7. The number of nitrogens with one attached hydrogen (secondary N) is 1. The molecular weight excluding hydrogens is 488 g/mol. The summed E-state index contributed by atoms with van der Waals surface area (Å²) in [5.41, 5.74) is 3.60. The van der Waals surface area contributed by atoms with Crippen LogP contribution in [-0.2, 0) is 16.6 Å². The lowest BCUT2D eigenvalue weighted by molar-refractivity contribution is 0.102. The molecule has 3 aromatic carbocycles. The maximum Gasteiger partial charge on any atom is 0.255 e. The Bertz CT molecular complexity index is 1300. The number of rotatable bonds is 9. The van der Waals surface area contributed by atoms with Gasteiger partial charge in [-0.15, -0.1) is 0 Å². The van der Waals surface area contributed by atoms with Gasteiger partial charge in [0.1, 0.15) is 5.75 Å². The lowest BCUT2D eigenvalue weighted by Crippen LogP contribution is -2.44. The van der Waals surface area contributed by atoms with Gasteiger partial charge in [-0.25, -0.2) is 8.42 Å². The average molecular weight is 523 g/mol. The topological polar surface area (TPSA) is 82.2 Å². The van der Waals surface area contributed by atoms with Crippen LogP contribution in [-0.4, -0.2) is 65.3 Å². The Balaban J connectivity index is 1.42. The highest BCUT2D eigenvalue weighted by molar-refractivity contribution is 7.92. The molecule has 0 aliphatic carbocycles. The standard InChI is InChI=1S/C28H34N4O4S/c1-4-36-27-8-6-5-7-26(27)32(37(3,34)35)21-22-9-11-23(12-10-22)28(33)29-24-13-15-25(16-14-24)31-19-17-30(2)18-20-31/h5-16H,4,17-21H2,1-3H3,(H,29,33). The van der Waals surface area contributed by atoms with Gasteiger partial charge in [0.25, 0.3) is 5.91 Å². The van der Waals surface area contributed by atoms with Gasteiger partial charge in [-0.2, -0.15) is 0 Å². The van der Waals surface area contributed by atoms with E-state index in [1.807, 2.05) is 37.3 Å². The minimum Gasteiger partial charge on any atom is -0.492 e. The molecule has 1 aliphatic heterocycles. The Morgan fingerprint density at radius 2 is 1.59 bits per heavy atom. The van der Waals surface area contributed by atoms with Crippen molar-refractivity contribution in [2.45, 2.75) is 13.5 Å². The molecule has 3 aromatic rings. The van der Waals surface area contributed by atoms with Crippen molar-refractivity contribution in [3.8, 4) is 5.75 Å². The summed E-state index contributed by atoms with van der Waals surface area (Å²) in [4.78, 5) is 17.5. The number of carbonyl (C=O) groups excluding carboxylic acids is 1. The first kappa shape index (κ1) is 26.5. The summed E-state index contributed by atoms with van der Waals surface area (Å²) in [6.07, 6.45) is 1.17. The van der Waals surface area contributed by atoms with E-state index in [4.69, 9.17) is 4.74 Å². The van der Waals surface area contributed by atoms with Crippen LogP contribution < -0.4 is 19.3 Å². The second-order valence-corrected chi connectivity index (χ2v) is 11.1. The zero-order valence-corrected chi connectivity index (χ0v) is 22.4. The van der Waals surface area contributed by atoms with Crippen LogP contribution >= 0.6 is 0 Å². The summed E-state index contributed by atoms with van der Waals surface area (Å²) in [6, 6.07) is 21.9. The normalized spacial score (nSPS) is 14.3. The van der Waals surface area contributed by atoms with Gasteiger partial charge in [0, 0.05) is 43.1 Å². The van der Waals surface area contributed by atoms with Crippen LogP contribution in [0.2, 0.25) is 0 Å². The van der Waals surface area contributed by atoms with Gasteiger partial charge in [-0.05, 0) is 68.1 Å². The first-order chi connectivity index (χ1) is 17.7. The molecule has 1 amide bonds. The zero-order valence-electron chi connectivity index (χ0n) is 21.6. The number of piperazine rings is 1. The Labute approximate surface area is 219 Å². The molecule has 0 spiro atoms. The highest BCUT2D eigenvalue weighted by Gasteiger charge is 2.22. The molecule has 1 heterocycles.